The topological polar surface area (TPSA) is 51.8 Å². The van der Waals surface area contributed by atoms with Gasteiger partial charge in [0.1, 0.15) is 11.2 Å². The van der Waals surface area contributed by atoms with E-state index in [1.807, 2.05) is 42.5 Å². The van der Waals surface area contributed by atoms with Gasteiger partial charge in [-0.1, -0.05) is 96.5 Å². The van der Waals surface area contributed by atoms with E-state index in [1.54, 1.807) is 11.3 Å². The molecule has 3 heterocycles. The van der Waals surface area contributed by atoms with Gasteiger partial charge in [-0.05, 0) is 70.1 Å². The van der Waals surface area contributed by atoms with Crippen molar-refractivity contribution in [2.24, 2.45) is 0 Å². The summed E-state index contributed by atoms with van der Waals surface area (Å²) in [5.74, 6) is 1.67. The molecule has 7 aromatic carbocycles. The van der Waals surface area contributed by atoms with Crippen LogP contribution in [0.3, 0.4) is 0 Å². The summed E-state index contributed by atoms with van der Waals surface area (Å²) in [5.41, 5.74) is 4.19. The first kappa shape index (κ1) is 26.6. The molecule has 0 saturated carbocycles. The van der Waals surface area contributed by atoms with E-state index in [4.69, 9.17) is 31.0 Å². The summed E-state index contributed by atoms with van der Waals surface area (Å²) in [6.45, 7) is 0. The fraction of sp³-hybridized carbons (Fsp3) is 0. The lowest BCUT2D eigenvalue weighted by Crippen LogP contribution is -2.01. The second kappa shape index (κ2) is 10.2. The first-order valence-corrected chi connectivity index (χ1v) is 16.6. The number of nitrogens with zero attached hydrogens (tertiary/aromatic N) is 3. The third-order valence-electron chi connectivity index (χ3n) is 8.96. The van der Waals surface area contributed by atoms with Gasteiger partial charge < -0.3 is 4.42 Å². The Bertz CT molecular complexity index is 2890. The number of thiophene rings is 1. The molecule has 0 atom stereocenters. The van der Waals surface area contributed by atoms with Crippen LogP contribution in [-0.4, -0.2) is 15.0 Å². The number of furan rings is 1. The zero-order valence-corrected chi connectivity index (χ0v) is 26.3. The minimum atomic E-state index is 0.534. The number of aromatic nitrogens is 3. The number of hydrogen-bond donors (Lipinski definition) is 0. The molecule has 0 saturated heterocycles. The van der Waals surface area contributed by atoms with Crippen LogP contribution in [0.4, 0.5) is 0 Å². The van der Waals surface area contributed by atoms with Gasteiger partial charge in [0.05, 0.1) is 5.02 Å². The second-order valence-corrected chi connectivity index (χ2v) is 13.3. The van der Waals surface area contributed by atoms with Crippen LogP contribution in [-0.2, 0) is 0 Å². The average Bonchev–Trinajstić information content (AvgIpc) is 3.67. The van der Waals surface area contributed by atoms with Crippen LogP contribution in [0.15, 0.2) is 138 Å². The lowest BCUT2D eigenvalue weighted by molar-refractivity contribution is 0.669. The Kier molecular flexibility index (Phi) is 5.77. The average molecular weight is 640 g/mol. The molecule has 47 heavy (non-hydrogen) atoms. The smallest absolute Gasteiger partial charge is 0.166 e. The van der Waals surface area contributed by atoms with Crippen molar-refractivity contribution in [3.05, 3.63) is 138 Å². The summed E-state index contributed by atoms with van der Waals surface area (Å²) in [4.78, 5) is 15.3. The van der Waals surface area contributed by atoms with Crippen molar-refractivity contribution in [2.75, 3.05) is 0 Å². The van der Waals surface area contributed by atoms with Crippen molar-refractivity contribution in [1.29, 1.82) is 0 Å². The number of fused-ring (bicyclic) bond motifs is 8. The molecule has 0 aliphatic carbocycles. The number of benzene rings is 7. The van der Waals surface area contributed by atoms with Gasteiger partial charge >= 0.3 is 0 Å². The van der Waals surface area contributed by atoms with Gasteiger partial charge in [-0.25, -0.2) is 15.0 Å². The van der Waals surface area contributed by atoms with Crippen molar-refractivity contribution >= 4 is 86.6 Å². The largest absolute Gasteiger partial charge is 0.456 e. The van der Waals surface area contributed by atoms with E-state index in [0.717, 1.165) is 64.9 Å². The molecular weight excluding hydrogens is 618 g/mol. The predicted molar refractivity (Wildman–Crippen MR) is 196 cm³/mol. The second-order valence-electron chi connectivity index (χ2n) is 11.8. The van der Waals surface area contributed by atoms with Gasteiger partial charge in [0.25, 0.3) is 0 Å². The van der Waals surface area contributed by atoms with E-state index in [2.05, 4.69) is 91.0 Å². The van der Waals surface area contributed by atoms with Crippen LogP contribution in [0, 0.1) is 0 Å². The lowest BCUT2D eigenvalue weighted by Gasteiger charge is -2.11. The Morgan fingerprint density at radius 2 is 1.11 bits per heavy atom. The SMILES string of the molecule is Clc1ccc2sc3cc4ccccc4cc3c2c1-c1nc(-c2ccc3ccccc3c2)nc(-c2ccc3c(c2)oc2ccccc23)n1. The van der Waals surface area contributed by atoms with Crippen LogP contribution < -0.4 is 0 Å². The Morgan fingerprint density at radius 3 is 1.94 bits per heavy atom. The summed E-state index contributed by atoms with van der Waals surface area (Å²) in [7, 11) is 0. The molecular formula is C41H22ClN3OS. The highest BCUT2D eigenvalue weighted by atomic mass is 35.5. The van der Waals surface area contributed by atoms with Crippen molar-refractivity contribution < 1.29 is 4.42 Å². The summed E-state index contributed by atoms with van der Waals surface area (Å²) in [6, 6.07) is 45.9. The van der Waals surface area contributed by atoms with Crippen molar-refractivity contribution in [1.82, 2.24) is 15.0 Å². The van der Waals surface area contributed by atoms with Crippen molar-refractivity contribution in [2.45, 2.75) is 0 Å². The molecule has 0 N–H and O–H groups in total. The Balaban J connectivity index is 1.25. The zero-order chi connectivity index (χ0) is 31.1. The molecule has 3 aromatic heterocycles. The molecule has 0 radical (unpaired) electrons. The Morgan fingerprint density at radius 1 is 0.468 bits per heavy atom. The summed E-state index contributed by atoms with van der Waals surface area (Å²) < 4.78 is 8.58. The maximum atomic E-state index is 7.10. The molecule has 0 fully saturated rings. The molecule has 4 nitrogen and oxygen atoms in total. The zero-order valence-electron chi connectivity index (χ0n) is 24.7. The maximum Gasteiger partial charge on any atom is 0.166 e. The fourth-order valence-electron chi connectivity index (χ4n) is 6.69. The monoisotopic (exact) mass is 639 g/mol. The van der Waals surface area contributed by atoms with Crippen LogP contribution in [0.2, 0.25) is 5.02 Å². The lowest BCUT2D eigenvalue weighted by atomic mass is 10.0. The van der Waals surface area contributed by atoms with Gasteiger partial charge in [-0.15, -0.1) is 11.3 Å². The minimum Gasteiger partial charge on any atom is -0.456 e. The first-order chi connectivity index (χ1) is 23.2. The molecule has 0 amide bonds. The first-order valence-electron chi connectivity index (χ1n) is 15.4. The minimum absolute atomic E-state index is 0.534. The van der Waals surface area contributed by atoms with E-state index in [0.29, 0.717) is 22.5 Å². The molecule has 0 aliphatic rings. The molecule has 10 aromatic rings. The molecule has 0 aliphatic heterocycles. The highest BCUT2D eigenvalue weighted by molar-refractivity contribution is 7.26. The van der Waals surface area contributed by atoms with Gasteiger partial charge in [0, 0.05) is 47.6 Å². The van der Waals surface area contributed by atoms with Gasteiger partial charge in [-0.2, -0.15) is 0 Å². The van der Waals surface area contributed by atoms with Crippen LogP contribution in [0.5, 0.6) is 0 Å². The van der Waals surface area contributed by atoms with Crippen LogP contribution in [0.1, 0.15) is 0 Å². The number of halogens is 1. The summed E-state index contributed by atoms with van der Waals surface area (Å²) in [5, 5.41) is 9.59. The molecule has 0 bridgehead atoms. The maximum absolute atomic E-state index is 7.10. The van der Waals surface area contributed by atoms with Gasteiger partial charge in [0.2, 0.25) is 0 Å². The van der Waals surface area contributed by atoms with E-state index in [9.17, 15) is 0 Å². The molecule has 10 rings (SSSR count). The van der Waals surface area contributed by atoms with Crippen molar-refractivity contribution in [3.8, 4) is 34.2 Å². The Labute approximate surface area is 277 Å². The highest BCUT2D eigenvalue weighted by Gasteiger charge is 2.21. The third kappa shape index (κ3) is 4.24. The third-order valence-corrected chi connectivity index (χ3v) is 10.4. The van der Waals surface area contributed by atoms with Gasteiger partial charge in [-0.3, -0.25) is 0 Å². The number of para-hydroxylation sites is 1. The normalized spacial score (nSPS) is 11.9. The van der Waals surface area contributed by atoms with Crippen LogP contribution in [0.25, 0.3) is 97.8 Å². The van der Waals surface area contributed by atoms with Crippen LogP contribution >= 0.6 is 22.9 Å². The number of rotatable bonds is 3. The molecule has 0 spiro atoms. The molecule has 220 valence electrons. The molecule has 6 heteroatoms. The van der Waals surface area contributed by atoms with E-state index >= 15 is 0 Å². The predicted octanol–water partition coefficient (Wildman–Crippen LogP) is 12.1. The standard InChI is InChI=1S/C41H22ClN3OS/c42-32-17-18-35-37(31-20-25-9-3-4-10-26(25)22-36(31)47-35)38(32)41-44-39(27-14-13-23-7-1-2-8-24(23)19-27)43-40(45-41)28-15-16-30-29-11-5-6-12-33(29)46-34(30)21-28/h1-22H. The van der Waals surface area contributed by atoms with Crippen molar-refractivity contribution in [3.63, 3.8) is 0 Å². The van der Waals surface area contributed by atoms with E-state index < -0.39 is 0 Å². The Hall–Kier alpha value is -5.62. The highest BCUT2D eigenvalue weighted by Crippen LogP contribution is 2.44. The van der Waals surface area contributed by atoms with Gasteiger partial charge in [0.15, 0.2) is 17.5 Å². The van der Waals surface area contributed by atoms with E-state index in [1.165, 1.54) is 15.5 Å². The summed E-state index contributed by atoms with van der Waals surface area (Å²) >= 11 is 8.86. The van der Waals surface area contributed by atoms with E-state index in [-0.39, 0.29) is 0 Å². The number of hydrogen-bond acceptors (Lipinski definition) is 5. The summed E-state index contributed by atoms with van der Waals surface area (Å²) in [6.07, 6.45) is 0. The fourth-order valence-corrected chi connectivity index (χ4v) is 8.07. The quantitative estimate of drug-likeness (QED) is 0.193. The molecule has 0 unspecified atom stereocenters.